The van der Waals surface area contributed by atoms with Crippen molar-refractivity contribution in [1.29, 1.82) is 0 Å². The maximum atomic E-state index is 13.3. The minimum absolute atomic E-state index is 0.0314. The average Bonchev–Trinajstić information content (AvgIpc) is 3.41. The molecule has 156 valence electrons. The number of likely N-dealkylation sites (tertiary alicyclic amines) is 1. The molecule has 2 aliphatic heterocycles. The fraction of sp³-hybridized carbons (Fsp3) is 0.545. The van der Waals surface area contributed by atoms with Gasteiger partial charge in [-0.3, -0.25) is 9.69 Å². The summed E-state index contributed by atoms with van der Waals surface area (Å²) in [6, 6.07) is 10.3. The van der Waals surface area contributed by atoms with Crippen molar-refractivity contribution in [3.8, 4) is 11.4 Å². The zero-order valence-electron chi connectivity index (χ0n) is 17.4. The van der Waals surface area contributed by atoms with Crippen LogP contribution in [0.5, 0.6) is 5.75 Å². The standard InChI is InChI=1S/C22H31N5O2/c1-17(2)16-29-20-15-27(18-6-4-3-5-7-18)24-21(20)22(28)26-11-8-19(14-26)25-12-9-23-10-13-25/h3-7,15,17,19,23H,8-14,16H2,1-2H3. The highest BCUT2D eigenvalue weighted by molar-refractivity contribution is 5.95. The number of nitrogens with zero attached hydrogens (tertiary/aromatic N) is 4. The lowest BCUT2D eigenvalue weighted by atomic mass is 10.2. The minimum Gasteiger partial charge on any atom is -0.489 e. The van der Waals surface area contributed by atoms with E-state index in [2.05, 4.69) is 29.2 Å². The Balaban J connectivity index is 1.52. The molecule has 1 unspecified atom stereocenters. The number of amides is 1. The van der Waals surface area contributed by atoms with Gasteiger partial charge in [0.1, 0.15) is 0 Å². The molecule has 7 nitrogen and oxygen atoms in total. The van der Waals surface area contributed by atoms with Gasteiger partial charge in [0.25, 0.3) is 5.91 Å². The Bertz CT molecular complexity index is 814. The van der Waals surface area contributed by atoms with Crippen molar-refractivity contribution in [3.63, 3.8) is 0 Å². The second-order valence-corrected chi connectivity index (χ2v) is 8.31. The molecular formula is C22H31N5O2. The summed E-state index contributed by atoms with van der Waals surface area (Å²) in [5.74, 6) is 0.913. The number of carbonyl (C=O) groups excluding carboxylic acids is 1. The van der Waals surface area contributed by atoms with E-state index >= 15 is 0 Å². The number of ether oxygens (including phenoxy) is 1. The summed E-state index contributed by atoms with van der Waals surface area (Å²) in [6.07, 6.45) is 2.85. The van der Waals surface area contributed by atoms with Gasteiger partial charge in [0.15, 0.2) is 11.4 Å². The molecule has 2 saturated heterocycles. The summed E-state index contributed by atoms with van der Waals surface area (Å²) in [7, 11) is 0. The molecular weight excluding hydrogens is 366 g/mol. The van der Waals surface area contributed by atoms with Gasteiger partial charge in [-0.05, 0) is 24.5 Å². The summed E-state index contributed by atoms with van der Waals surface area (Å²) in [5.41, 5.74) is 1.33. The van der Waals surface area contributed by atoms with Crippen LogP contribution < -0.4 is 10.1 Å². The van der Waals surface area contributed by atoms with Gasteiger partial charge in [0.2, 0.25) is 0 Å². The third kappa shape index (κ3) is 4.62. The van der Waals surface area contributed by atoms with Gasteiger partial charge >= 0.3 is 0 Å². The zero-order chi connectivity index (χ0) is 20.2. The molecule has 0 saturated carbocycles. The first kappa shape index (κ1) is 19.9. The lowest BCUT2D eigenvalue weighted by Crippen LogP contribution is -2.49. The van der Waals surface area contributed by atoms with E-state index in [9.17, 15) is 4.79 Å². The summed E-state index contributed by atoms with van der Waals surface area (Å²) in [5, 5.41) is 8.01. The number of nitrogens with one attached hydrogen (secondary N) is 1. The van der Waals surface area contributed by atoms with E-state index in [1.165, 1.54) is 0 Å². The third-order valence-electron chi connectivity index (χ3n) is 5.59. The molecule has 1 N–H and O–H groups in total. The topological polar surface area (TPSA) is 62.6 Å². The summed E-state index contributed by atoms with van der Waals surface area (Å²) >= 11 is 0. The maximum absolute atomic E-state index is 13.3. The Morgan fingerprint density at radius 2 is 1.97 bits per heavy atom. The number of hydrogen-bond acceptors (Lipinski definition) is 5. The molecule has 1 aromatic carbocycles. The Labute approximate surface area is 172 Å². The van der Waals surface area contributed by atoms with Gasteiger partial charge in [-0.15, -0.1) is 0 Å². The molecule has 0 aliphatic carbocycles. The van der Waals surface area contributed by atoms with Crippen LogP contribution in [0.4, 0.5) is 0 Å². The highest BCUT2D eigenvalue weighted by atomic mass is 16.5. The van der Waals surface area contributed by atoms with Crippen molar-refractivity contribution < 1.29 is 9.53 Å². The first-order valence-corrected chi connectivity index (χ1v) is 10.6. The highest BCUT2D eigenvalue weighted by Crippen LogP contribution is 2.25. The lowest BCUT2D eigenvalue weighted by molar-refractivity contribution is 0.0762. The molecule has 29 heavy (non-hydrogen) atoms. The normalized spacial score (nSPS) is 20.4. The molecule has 0 spiro atoms. The quantitative estimate of drug-likeness (QED) is 0.808. The van der Waals surface area contributed by atoms with Gasteiger partial charge in [0, 0.05) is 45.3 Å². The molecule has 3 heterocycles. The van der Waals surface area contributed by atoms with Gasteiger partial charge in [-0.1, -0.05) is 32.0 Å². The number of hydrogen-bond donors (Lipinski definition) is 1. The second-order valence-electron chi connectivity index (χ2n) is 8.31. The van der Waals surface area contributed by atoms with Gasteiger partial charge < -0.3 is 15.0 Å². The second kappa shape index (κ2) is 8.97. The molecule has 7 heteroatoms. The third-order valence-corrected chi connectivity index (χ3v) is 5.59. The number of piperazine rings is 1. The fourth-order valence-corrected chi connectivity index (χ4v) is 4.00. The van der Waals surface area contributed by atoms with Crippen LogP contribution in [-0.2, 0) is 0 Å². The van der Waals surface area contributed by atoms with Crippen LogP contribution in [0.25, 0.3) is 5.69 Å². The van der Waals surface area contributed by atoms with E-state index in [0.717, 1.165) is 51.4 Å². The Morgan fingerprint density at radius 1 is 1.21 bits per heavy atom. The Morgan fingerprint density at radius 3 is 2.69 bits per heavy atom. The molecule has 1 amide bonds. The van der Waals surface area contributed by atoms with Gasteiger partial charge in [0.05, 0.1) is 18.5 Å². The van der Waals surface area contributed by atoms with Crippen molar-refractivity contribution in [1.82, 2.24) is 24.9 Å². The van der Waals surface area contributed by atoms with Crippen LogP contribution in [0.3, 0.4) is 0 Å². The Kier molecular flexibility index (Phi) is 6.16. The van der Waals surface area contributed by atoms with Gasteiger partial charge in [-0.25, -0.2) is 4.68 Å². The smallest absolute Gasteiger partial charge is 0.278 e. The van der Waals surface area contributed by atoms with E-state index < -0.39 is 0 Å². The van der Waals surface area contributed by atoms with E-state index in [1.807, 2.05) is 41.4 Å². The molecule has 2 aliphatic rings. The van der Waals surface area contributed by atoms with Crippen LogP contribution in [0.15, 0.2) is 36.5 Å². The van der Waals surface area contributed by atoms with E-state index in [1.54, 1.807) is 4.68 Å². The van der Waals surface area contributed by atoms with Crippen LogP contribution in [0, 0.1) is 5.92 Å². The molecule has 0 bridgehead atoms. The van der Waals surface area contributed by atoms with Crippen molar-refractivity contribution in [2.24, 2.45) is 5.92 Å². The predicted molar refractivity (Wildman–Crippen MR) is 113 cm³/mol. The Hall–Kier alpha value is -2.38. The summed E-state index contributed by atoms with van der Waals surface area (Å²) < 4.78 is 7.72. The number of carbonyl (C=O) groups is 1. The molecule has 4 rings (SSSR count). The lowest BCUT2D eigenvalue weighted by Gasteiger charge is -2.32. The average molecular weight is 398 g/mol. The largest absolute Gasteiger partial charge is 0.489 e. The van der Waals surface area contributed by atoms with Gasteiger partial charge in [-0.2, -0.15) is 5.10 Å². The number of aromatic nitrogens is 2. The van der Waals surface area contributed by atoms with Crippen molar-refractivity contribution in [3.05, 3.63) is 42.2 Å². The van der Waals surface area contributed by atoms with Crippen molar-refractivity contribution >= 4 is 5.91 Å². The zero-order valence-corrected chi connectivity index (χ0v) is 17.4. The molecule has 2 aromatic rings. The predicted octanol–water partition coefficient (Wildman–Crippen LogP) is 2.03. The SMILES string of the molecule is CC(C)COc1cn(-c2ccccc2)nc1C(=O)N1CCC(N2CCNCC2)C1. The fourth-order valence-electron chi connectivity index (χ4n) is 4.00. The number of benzene rings is 1. The summed E-state index contributed by atoms with van der Waals surface area (Å²) in [4.78, 5) is 17.8. The van der Waals surface area contributed by atoms with Crippen LogP contribution in [0.2, 0.25) is 0 Å². The highest BCUT2D eigenvalue weighted by Gasteiger charge is 2.33. The number of para-hydroxylation sites is 1. The van der Waals surface area contributed by atoms with Crippen LogP contribution in [-0.4, -0.2) is 77.4 Å². The molecule has 1 aromatic heterocycles. The van der Waals surface area contributed by atoms with Crippen LogP contribution >= 0.6 is 0 Å². The van der Waals surface area contributed by atoms with E-state index in [0.29, 0.717) is 30.0 Å². The van der Waals surface area contributed by atoms with E-state index in [4.69, 9.17) is 4.74 Å². The number of rotatable bonds is 6. The minimum atomic E-state index is -0.0314. The first-order valence-electron chi connectivity index (χ1n) is 10.6. The van der Waals surface area contributed by atoms with Crippen molar-refractivity contribution in [2.45, 2.75) is 26.3 Å². The monoisotopic (exact) mass is 397 g/mol. The van der Waals surface area contributed by atoms with Crippen molar-refractivity contribution in [2.75, 3.05) is 45.9 Å². The summed E-state index contributed by atoms with van der Waals surface area (Å²) in [6.45, 7) is 10.5. The van der Waals surface area contributed by atoms with Crippen LogP contribution in [0.1, 0.15) is 30.8 Å². The first-order chi connectivity index (χ1) is 14.1. The molecule has 1 atom stereocenters. The molecule has 2 fully saturated rings. The molecule has 0 radical (unpaired) electrons. The van der Waals surface area contributed by atoms with E-state index in [-0.39, 0.29) is 5.91 Å². The maximum Gasteiger partial charge on any atom is 0.278 e.